The highest BCUT2D eigenvalue weighted by atomic mass is 35.5. The first-order valence-corrected chi connectivity index (χ1v) is 9.48. The Hall–Kier alpha value is -2.58. The zero-order valence-corrected chi connectivity index (χ0v) is 19.6. The third kappa shape index (κ3) is 7.24. The fraction of sp³-hybridized carbons (Fsp3) is 0.227. The lowest BCUT2D eigenvalue weighted by Gasteiger charge is -2.23. The first-order valence-electron chi connectivity index (χ1n) is 9.48. The molecule has 1 aromatic carbocycles. The highest BCUT2D eigenvalue weighted by Crippen LogP contribution is 2.32. The summed E-state index contributed by atoms with van der Waals surface area (Å²) in [5.74, 6) is 1.22. The summed E-state index contributed by atoms with van der Waals surface area (Å²) < 4.78 is 11.3. The van der Waals surface area contributed by atoms with Gasteiger partial charge in [0, 0.05) is 37.9 Å². The number of hydrogen-bond donors (Lipinski definition) is 2. The molecule has 2 aromatic heterocycles. The number of benzene rings is 1. The predicted octanol–water partition coefficient (Wildman–Crippen LogP) is 3.66. The van der Waals surface area contributed by atoms with E-state index in [9.17, 15) is 4.79 Å². The third-order valence-corrected chi connectivity index (χ3v) is 4.58. The normalized spacial score (nSPS) is 12.2. The number of nitrogens with one attached hydrogen (secondary N) is 2. The Morgan fingerprint density at radius 2 is 1.50 bits per heavy atom. The quantitative estimate of drug-likeness (QED) is 0.516. The molecule has 1 aliphatic rings. The Labute approximate surface area is 205 Å². The summed E-state index contributed by atoms with van der Waals surface area (Å²) in [6.45, 7) is 1.94. The molecule has 32 heavy (non-hydrogen) atoms. The molecule has 0 bridgehead atoms. The molecule has 0 radical (unpaired) electrons. The van der Waals surface area contributed by atoms with Crippen molar-refractivity contribution >= 4 is 43.1 Å². The van der Waals surface area contributed by atoms with Gasteiger partial charge in [0.05, 0.1) is 0 Å². The average molecular weight is 500 g/mol. The van der Waals surface area contributed by atoms with E-state index in [0.29, 0.717) is 37.8 Å². The van der Waals surface area contributed by atoms with Gasteiger partial charge in [-0.15, -0.1) is 37.2 Å². The van der Waals surface area contributed by atoms with Crippen LogP contribution >= 0.6 is 37.2 Å². The fourth-order valence-corrected chi connectivity index (χ4v) is 3.12. The lowest BCUT2D eigenvalue weighted by atomic mass is 10.0. The molecule has 1 amide bonds. The molecule has 10 heteroatoms. The highest BCUT2D eigenvalue weighted by Gasteiger charge is 2.23. The molecule has 2 N–H and O–H groups in total. The lowest BCUT2D eigenvalue weighted by Crippen LogP contribution is -2.37. The Morgan fingerprint density at radius 1 is 0.875 bits per heavy atom. The van der Waals surface area contributed by atoms with Crippen LogP contribution in [-0.2, 0) is 17.9 Å². The Kier molecular flexibility index (Phi) is 11.8. The van der Waals surface area contributed by atoms with Gasteiger partial charge in [-0.05, 0) is 41.0 Å². The van der Waals surface area contributed by atoms with E-state index in [1.807, 2.05) is 42.5 Å². The zero-order chi connectivity index (χ0) is 19.9. The van der Waals surface area contributed by atoms with Crippen molar-refractivity contribution in [2.45, 2.75) is 19.1 Å². The van der Waals surface area contributed by atoms with E-state index in [1.165, 1.54) is 0 Å². The fourth-order valence-electron chi connectivity index (χ4n) is 3.12. The molecule has 1 aliphatic heterocycles. The molecule has 0 aliphatic carbocycles. The smallest absolute Gasteiger partial charge is 0.242 e. The predicted molar refractivity (Wildman–Crippen MR) is 129 cm³/mol. The average Bonchev–Trinajstić information content (AvgIpc) is 2.79. The summed E-state index contributed by atoms with van der Waals surface area (Å²) in [4.78, 5) is 21.2. The summed E-state index contributed by atoms with van der Waals surface area (Å²) >= 11 is 0. The first-order chi connectivity index (χ1) is 14.3. The summed E-state index contributed by atoms with van der Waals surface area (Å²) in [7, 11) is 0. The van der Waals surface area contributed by atoms with Crippen molar-refractivity contribution in [3.63, 3.8) is 0 Å². The van der Waals surface area contributed by atoms with E-state index in [2.05, 4.69) is 20.6 Å². The lowest BCUT2D eigenvalue weighted by molar-refractivity contribution is -0.123. The molecule has 4 rings (SSSR count). The van der Waals surface area contributed by atoms with Crippen molar-refractivity contribution in [2.24, 2.45) is 0 Å². The van der Waals surface area contributed by atoms with E-state index in [0.717, 1.165) is 16.7 Å². The van der Waals surface area contributed by atoms with Gasteiger partial charge in [0.25, 0.3) is 0 Å². The van der Waals surface area contributed by atoms with Gasteiger partial charge in [-0.25, -0.2) is 0 Å². The van der Waals surface area contributed by atoms with Gasteiger partial charge in [-0.1, -0.05) is 18.2 Å². The number of pyridine rings is 2. The Morgan fingerprint density at radius 3 is 2.12 bits per heavy atom. The van der Waals surface area contributed by atoms with E-state index >= 15 is 0 Å². The summed E-state index contributed by atoms with van der Waals surface area (Å²) in [5.41, 5.74) is 2.74. The first kappa shape index (κ1) is 27.5. The molecule has 172 valence electrons. The largest absolute Gasteiger partial charge is 0.486 e. The minimum absolute atomic E-state index is 0. The number of hydrogen-bond acceptors (Lipinski definition) is 6. The van der Waals surface area contributed by atoms with Gasteiger partial charge in [-0.3, -0.25) is 20.1 Å². The van der Waals surface area contributed by atoms with Gasteiger partial charge in [-0.2, -0.15) is 0 Å². The molecule has 0 saturated heterocycles. The molecular formula is C22H25Cl3N4O3. The summed E-state index contributed by atoms with van der Waals surface area (Å²) in [6.07, 6.45) is 6.95. The van der Waals surface area contributed by atoms with Crippen LogP contribution in [0.1, 0.15) is 22.7 Å². The number of carbonyl (C=O) groups is 1. The number of ether oxygens (including phenoxy) is 2. The van der Waals surface area contributed by atoms with Crippen LogP contribution in [0.2, 0.25) is 0 Å². The van der Waals surface area contributed by atoms with Crippen molar-refractivity contribution in [1.29, 1.82) is 0 Å². The van der Waals surface area contributed by atoms with Gasteiger partial charge in [0.1, 0.15) is 19.3 Å². The molecule has 0 spiro atoms. The Bertz CT molecular complexity index is 965. The molecule has 1 atom stereocenters. The highest BCUT2D eigenvalue weighted by molar-refractivity contribution is 5.86. The van der Waals surface area contributed by atoms with Crippen LogP contribution in [0.4, 0.5) is 0 Å². The standard InChI is InChI=1S/C22H22N4O3.3ClH/c27-22(26-15-17-4-2-8-24-13-17)21(25-14-16-3-1-7-23-12-16)18-5-6-19-20(11-18)29-10-9-28-19;;;/h1-8,11-13,21,25H,9-10,14-15H2,(H,26,27);3*1H. The maximum atomic E-state index is 13.0. The van der Waals surface area contributed by atoms with Crippen LogP contribution in [0.15, 0.2) is 67.3 Å². The van der Waals surface area contributed by atoms with E-state index < -0.39 is 6.04 Å². The van der Waals surface area contributed by atoms with E-state index in [-0.39, 0.29) is 43.1 Å². The second kappa shape index (κ2) is 13.8. The van der Waals surface area contributed by atoms with Crippen LogP contribution in [0, 0.1) is 0 Å². The summed E-state index contributed by atoms with van der Waals surface area (Å²) in [5, 5.41) is 6.32. The minimum Gasteiger partial charge on any atom is -0.486 e. The van der Waals surface area contributed by atoms with Crippen molar-refractivity contribution in [1.82, 2.24) is 20.6 Å². The number of carbonyl (C=O) groups excluding carboxylic acids is 1. The monoisotopic (exact) mass is 498 g/mol. The number of rotatable bonds is 7. The molecule has 3 heterocycles. The molecule has 0 fully saturated rings. The van der Waals surface area contributed by atoms with Gasteiger partial charge in [0.2, 0.25) is 5.91 Å². The van der Waals surface area contributed by atoms with Crippen molar-refractivity contribution < 1.29 is 14.3 Å². The van der Waals surface area contributed by atoms with Gasteiger partial charge >= 0.3 is 0 Å². The van der Waals surface area contributed by atoms with Crippen molar-refractivity contribution in [2.75, 3.05) is 13.2 Å². The molecule has 1 unspecified atom stereocenters. The Balaban J connectivity index is 0.00000171. The molecule has 7 nitrogen and oxygen atoms in total. The maximum Gasteiger partial charge on any atom is 0.242 e. The number of fused-ring (bicyclic) bond motifs is 1. The minimum atomic E-state index is -0.553. The second-order valence-corrected chi connectivity index (χ2v) is 6.66. The molecule has 3 aromatic rings. The number of aromatic nitrogens is 2. The second-order valence-electron chi connectivity index (χ2n) is 6.66. The number of halogens is 3. The number of nitrogens with zero attached hydrogens (tertiary/aromatic N) is 2. The van der Waals surface area contributed by atoms with Crippen LogP contribution in [-0.4, -0.2) is 29.1 Å². The SMILES string of the molecule is Cl.Cl.Cl.O=C(NCc1cccnc1)C(NCc1cccnc1)c1ccc2c(c1)OCCO2. The van der Waals surface area contributed by atoms with Crippen LogP contribution in [0.3, 0.4) is 0 Å². The topological polar surface area (TPSA) is 85.4 Å². The zero-order valence-electron chi connectivity index (χ0n) is 17.1. The van der Waals surface area contributed by atoms with Crippen molar-refractivity contribution in [3.8, 4) is 11.5 Å². The van der Waals surface area contributed by atoms with Crippen molar-refractivity contribution in [3.05, 3.63) is 83.9 Å². The molecule has 0 saturated carbocycles. The van der Waals surface area contributed by atoms with Crippen LogP contribution < -0.4 is 20.1 Å². The van der Waals surface area contributed by atoms with Crippen LogP contribution in [0.5, 0.6) is 11.5 Å². The molecular weight excluding hydrogens is 475 g/mol. The third-order valence-electron chi connectivity index (χ3n) is 4.58. The van der Waals surface area contributed by atoms with Crippen LogP contribution in [0.25, 0.3) is 0 Å². The van der Waals surface area contributed by atoms with Gasteiger partial charge < -0.3 is 14.8 Å². The van der Waals surface area contributed by atoms with E-state index in [4.69, 9.17) is 9.47 Å². The van der Waals surface area contributed by atoms with Gasteiger partial charge in [0.15, 0.2) is 11.5 Å². The van der Waals surface area contributed by atoms with E-state index in [1.54, 1.807) is 24.8 Å². The summed E-state index contributed by atoms with van der Waals surface area (Å²) in [6, 6.07) is 12.7. The number of amides is 1. The maximum absolute atomic E-state index is 13.0.